The number of para-hydroxylation sites is 2. The maximum atomic E-state index is 13.0. The van der Waals surface area contributed by atoms with Crippen molar-refractivity contribution in [3.05, 3.63) is 83.9 Å². The van der Waals surface area contributed by atoms with Crippen LogP contribution in [0.4, 0.5) is 5.69 Å². The van der Waals surface area contributed by atoms with Gasteiger partial charge in [-0.25, -0.2) is 0 Å². The van der Waals surface area contributed by atoms with E-state index in [1.54, 1.807) is 37.5 Å². The number of H-pyrrole nitrogens is 1. The summed E-state index contributed by atoms with van der Waals surface area (Å²) in [6, 6.07) is 24.5. The lowest BCUT2D eigenvalue weighted by atomic mass is 10.0. The fourth-order valence-electron chi connectivity index (χ4n) is 3.53. The fraction of sp³-hybridized carbons (Fsp3) is 0.0769. The number of benzene rings is 3. The molecule has 2 N–H and O–H groups in total. The summed E-state index contributed by atoms with van der Waals surface area (Å²) in [6.45, 7) is 0. The fourth-order valence-corrected chi connectivity index (χ4v) is 3.53. The van der Waals surface area contributed by atoms with Crippen molar-refractivity contribution in [1.82, 2.24) is 4.98 Å². The van der Waals surface area contributed by atoms with Gasteiger partial charge in [-0.3, -0.25) is 4.79 Å². The normalized spacial score (nSPS) is 11.1. The predicted octanol–water partition coefficient (Wildman–Crippen LogP) is 5.40. The Hall–Kier alpha value is -4.50. The second kappa shape index (κ2) is 9.11. The summed E-state index contributed by atoms with van der Waals surface area (Å²) < 4.78 is 10.7. The Balaban J connectivity index is 1.83. The van der Waals surface area contributed by atoms with Crippen LogP contribution in [0, 0.1) is 11.3 Å². The van der Waals surface area contributed by atoms with Crippen LogP contribution in [0.5, 0.6) is 11.5 Å². The first kappa shape index (κ1) is 20.8. The lowest BCUT2D eigenvalue weighted by Gasteiger charge is -2.09. The standard InChI is InChI=1S/C26H21N3O3/c1-31-19-12-13-22-20(15-19)21(25(28-22)17-8-4-3-5-9-17)14-18(16-27)26(30)29-23-10-6-7-11-24(23)32-2/h3-15,28H,1-2H3,(H,29,30)/b18-14+. The van der Waals surface area contributed by atoms with Crippen LogP contribution >= 0.6 is 0 Å². The number of carbonyl (C=O) groups is 1. The predicted molar refractivity (Wildman–Crippen MR) is 126 cm³/mol. The highest BCUT2D eigenvalue weighted by Crippen LogP contribution is 2.34. The van der Waals surface area contributed by atoms with Crippen molar-refractivity contribution >= 4 is 28.6 Å². The van der Waals surface area contributed by atoms with Crippen LogP contribution in [0.2, 0.25) is 0 Å². The molecule has 32 heavy (non-hydrogen) atoms. The monoisotopic (exact) mass is 423 g/mol. The number of nitrogens with one attached hydrogen (secondary N) is 2. The number of aromatic nitrogens is 1. The number of hydrogen-bond donors (Lipinski definition) is 2. The number of anilines is 1. The molecule has 6 nitrogen and oxygen atoms in total. The SMILES string of the molecule is COc1ccc2[nH]c(-c3ccccc3)c(/C=C(\C#N)C(=O)Nc3ccccc3OC)c2c1. The summed E-state index contributed by atoms with van der Waals surface area (Å²) in [7, 11) is 3.13. The molecule has 0 atom stereocenters. The van der Waals surface area contributed by atoms with Gasteiger partial charge in [-0.2, -0.15) is 5.26 Å². The van der Waals surface area contributed by atoms with Crippen LogP contribution in [0.25, 0.3) is 28.2 Å². The Morgan fingerprint density at radius 3 is 2.47 bits per heavy atom. The van der Waals surface area contributed by atoms with Gasteiger partial charge in [0, 0.05) is 16.5 Å². The van der Waals surface area contributed by atoms with E-state index in [0.29, 0.717) is 17.2 Å². The van der Waals surface area contributed by atoms with Gasteiger partial charge in [0.1, 0.15) is 23.1 Å². The minimum Gasteiger partial charge on any atom is -0.497 e. The number of fused-ring (bicyclic) bond motifs is 1. The Morgan fingerprint density at radius 2 is 1.75 bits per heavy atom. The van der Waals surface area contributed by atoms with Crippen molar-refractivity contribution in [2.45, 2.75) is 0 Å². The second-order valence-corrected chi connectivity index (χ2v) is 7.02. The Labute approximate surface area is 185 Å². The van der Waals surface area contributed by atoms with Gasteiger partial charge in [-0.1, -0.05) is 42.5 Å². The van der Waals surface area contributed by atoms with E-state index < -0.39 is 5.91 Å². The average Bonchev–Trinajstić information content (AvgIpc) is 3.20. The minimum atomic E-state index is -0.520. The highest BCUT2D eigenvalue weighted by Gasteiger charge is 2.17. The molecule has 1 aromatic heterocycles. The number of ether oxygens (including phenoxy) is 2. The zero-order valence-corrected chi connectivity index (χ0v) is 17.7. The molecule has 0 unspecified atom stereocenters. The highest BCUT2D eigenvalue weighted by molar-refractivity contribution is 6.12. The van der Waals surface area contributed by atoms with E-state index in [9.17, 15) is 10.1 Å². The van der Waals surface area contributed by atoms with E-state index in [2.05, 4.69) is 10.3 Å². The van der Waals surface area contributed by atoms with Gasteiger partial charge in [-0.15, -0.1) is 0 Å². The highest BCUT2D eigenvalue weighted by atomic mass is 16.5. The molecule has 0 aliphatic rings. The van der Waals surface area contributed by atoms with E-state index in [1.165, 1.54) is 7.11 Å². The van der Waals surface area contributed by atoms with Crippen molar-refractivity contribution in [2.24, 2.45) is 0 Å². The first-order valence-electron chi connectivity index (χ1n) is 9.96. The van der Waals surface area contributed by atoms with Crippen LogP contribution in [0.1, 0.15) is 5.56 Å². The van der Waals surface area contributed by atoms with Gasteiger partial charge in [0.2, 0.25) is 0 Å². The van der Waals surface area contributed by atoms with Crippen molar-refractivity contribution in [3.8, 4) is 28.8 Å². The van der Waals surface area contributed by atoms with Crippen LogP contribution < -0.4 is 14.8 Å². The molecule has 0 radical (unpaired) electrons. The summed E-state index contributed by atoms with van der Waals surface area (Å²) in [5, 5.41) is 13.4. The number of nitriles is 1. The zero-order chi connectivity index (χ0) is 22.5. The van der Waals surface area contributed by atoms with Gasteiger partial charge in [0.25, 0.3) is 5.91 Å². The lowest BCUT2D eigenvalue weighted by Crippen LogP contribution is -2.14. The summed E-state index contributed by atoms with van der Waals surface area (Å²) in [5.41, 5.74) is 3.82. The van der Waals surface area contributed by atoms with E-state index in [0.717, 1.165) is 27.7 Å². The molecular weight excluding hydrogens is 402 g/mol. The third-order valence-corrected chi connectivity index (χ3v) is 5.12. The summed E-state index contributed by atoms with van der Waals surface area (Å²) in [5.74, 6) is 0.677. The molecule has 1 heterocycles. The van der Waals surface area contributed by atoms with E-state index in [1.807, 2.05) is 54.6 Å². The number of amides is 1. The molecule has 0 saturated heterocycles. The van der Waals surface area contributed by atoms with Gasteiger partial charge >= 0.3 is 0 Å². The summed E-state index contributed by atoms with van der Waals surface area (Å²) in [6.07, 6.45) is 1.60. The molecule has 4 aromatic rings. The topological polar surface area (TPSA) is 87.1 Å². The first-order chi connectivity index (χ1) is 15.6. The van der Waals surface area contributed by atoms with Gasteiger partial charge in [0.15, 0.2) is 0 Å². The third-order valence-electron chi connectivity index (χ3n) is 5.12. The van der Waals surface area contributed by atoms with Gasteiger partial charge in [0.05, 0.1) is 25.6 Å². The molecule has 158 valence electrons. The molecule has 3 aromatic carbocycles. The van der Waals surface area contributed by atoms with Crippen LogP contribution in [-0.2, 0) is 4.79 Å². The largest absolute Gasteiger partial charge is 0.497 e. The third kappa shape index (κ3) is 4.05. The van der Waals surface area contributed by atoms with Crippen molar-refractivity contribution in [3.63, 3.8) is 0 Å². The van der Waals surface area contributed by atoms with Gasteiger partial charge < -0.3 is 19.8 Å². The molecule has 6 heteroatoms. The molecule has 0 fully saturated rings. The average molecular weight is 423 g/mol. The van der Waals surface area contributed by atoms with Crippen molar-refractivity contribution < 1.29 is 14.3 Å². The summed E-state index contributed by atoms with van der Waals surface area (Å²) in [4.78, 5) is 16.4. The number of hydrogen-bond acceptors (Lipinski definition) is 4. The lowest BCUT2D eigenvalue weighted by molar-refractivity contribution is -0.112. The van der Waals surface area contributed by atoms with Crippen LogP contribution in [0.15, 0.2) is 78.4 Å². The summed E-state index contributed by atoms with van der Waals surface area (Å²) >= 11 is 0. The smallest absolute Gasteiger partial charge is 0.266 e. The van der Waals surface area contributed by atoms with Crippen molar-refractivity contribution in [1.29, 1.82) is 5.26 Å². The molecule has 0 aliphatic carbocycles. The Bertz CT molecular complexity index is 1350. The van der Waals surface area contributed by atoms with E-state index in [4.69, 9.17) is 9.47 Å². The quantitative estimate of drug-likeness (QED) is 0.321. The molecular formula is C26H21N3O3. The molecule has 0 aliphatic heterocycles. The van der Waals surface area contributed by atoms with Crippen LogP contribution in [-0.4, -0.2) is 25.1 Å². The number of rotatable bonds is 6. The van der Waals surface area contributed by atoms with E-state index in [-0.39, 0.29) is 5.57 Å². The maximum Gasteiger partial charge on any atom is 0.266 e. The minimum absolute atomic E-state index is 0.0307. The van der Waals surface area contributed by atoms with Crippen molar-refractivity contribution in [2.75, 3.05) is 19.5 Å². The van der Waals surface area contributed by atoms with Crippen LogP contribution in [0.3, 0.4) is 0 Å². The zero-order valence-electron chi connectivity index (χ0n) is 17.7. The Morgan fingerprint density at radius 1 is 1.00 bits per heavy atom. The maximum absolute atomic E-state index is 13.0. The molecule has 0 bridgehead atoms. The second-order valence-electron chi connectivity index (χ2n) is 7.02. The van der Waals surface area contributed by atoms with E-state index >= 15 is 0 Å². The number of aromatic amines is 1. The molecule has 0 saturated carbocycles. The molecule has 4 rings (SSSR count). The Kier molecular flexibility index (Phi) is 5.91. The number of carbonyl (C=O) groups excluding carboxylic acids is 1. The first-order valence-corrected chi connectivity index (χ1v) is 9.96. The van der Waals surface area contributed by atoms with Gasteiger partial charge in [-0.05, 0) is 42.0 Å². The number of methoxy groups -OCH3 is 2. The molecule has 0 spiro atoms. The number of nitrogens with zero attached hydrogens (tertiary/aromatic N) is 1. The molecule has 1 amide bonds.